The molecule has 0 radical (unpaired) electrons. The van der Waals surface area contributed by atoms with Crippen LogP contribution < -0.4 is 5.73 Å². The lowest BCUT2D eigenvalue weighted by molar-refractivity contribution is 0.276. The maximum atomic E-state index is 11.3. The number of hydrogen-bond donors (Lipinski definition) is 1. The molecule has 1 saturated carbocycles. The van der Waals surface area contributed by atoms with Gasteiger partial charge in [0, 0.05) is 11.3 Å². The van der Waals surface area contributed by atoms with Crippen LogP contribution in [0.1, 0.15) is 51.9 Å². The quantitative estimate of drug-likeness (QED) is 0.788. The fourth-order valence-electron chi connectivity index (χ4n) is 2.29. The molecule has 1 fully saturated rings. The summed E-state index contributed by atoms with van der Waals surface area (Å²) in [5.41, 5.74) is 6.17. The number of nitrogens with two attached hydrogens (primary N) is 1. The highest BCUT2D eigenvalue weighted by Crippen LogP contribution is 2.29. The summed E-state index contributed by atoms with van der Waals surface area (Å²) in [4.78, 5) is 0. The van der Waals surface area contributed by atoms with Crippen molar-refractivity contribution in [3.63, 3.8) is 0 Å². The van der Waals surface area contributed by atoms with Gasteiger partial charge < -0.3 is 5.73 Å². The first kappa shape index (κ1) is 13.0. The number of sulfone groups is 1. The van der Waals surface area contributed by atoms with Gasteiger partial charge in [-0.2, -0.15) is 0 Å². The molecule has 0 heterocycles. The second kappa shape index (κ2) is 5.30. The number of hydrogen-bond acceptors (Lipinski definition) is 3. The lowest BCUT2D eigenvalue weighted by Gasteiger charge is -2.33. The molecule has 0 amide bonds. The number of rotatable bonds is 5. The highest BCUT2D eigenvalue weighted by molar-refractivity contribution is 7.91. The van der Waals surface area contributed by atoms with Gasteiger partial charge in [-0.25, -0.2) is 8.42 Å². The van der Waals surface area contributed by atoms with Crippen molar-refractivity contribution < 1.29 is 8.42 Å². The second-order valence-electron chi connectivity index (χ2n) is 4.76. The summed E-state index contributed by atoms with van der Waals surface area (Å²) in [6, 6.07) is 0. The molecule has 0 bridgehead atoms. The molecule has 90 valence electrons. The molecular formula is C11H23NO2S. The lowest BCUT2D eigenvalue weighted by Crippen LogP contribution is -2.41. The van der Waals surface area contributed by atoms with Gasteiger partial charge in [-0.05, 0) is 25.7 Å². The first-order chi connectivity index (χ1) is 6.97. The average Bonchev–Trinajstić information content (AvgIpc) is 2.18. The van der Waals surface area contributed by atoms with Crippen molar-refractivity contribution in [2.24, 2.45) is 5.73 Å². The minimum atomic E-state index is -2.80. The summed E-state index contributed by atoms with van der Waals surface area (Å²) in [7, 11) is -2.80. The van der Waals surface area contributed by atoms with E-state index in [0.29, 0.717) is 5.75 Å². The zero-order valence-electron chi connectivity index (χ0n) is 9.67. The molecular weight excluding hydrogens is 210 g/mol. The Morgan fingerprint density at radius 3 is 2.33 bits per heavy atom. The Bertz CT molecular complexity index is 279. The molecule has 0 atom stereocenters. The first-order valence-corrected chi connectivity index (χ1v) is 7.79. The molecule has 2 N–H and O–H groups in total. The fraction of sp³-hybridized carbons (Fsp3) is 1.00. The van der Waals surface area contributed by atoms with Crippen molar-refractivity contribution in [2.75, 3.05) is 11.5 Å². The van der Waals surface area contributed by atoms with Crippen LogP contribution in [0.25, 0.3) is 0 Å². The average molecular weight is 233 g/mol. The normalized spacial score (nSPS) is 21.5. The smallest absolute Gasteiger partial charge is 0.150 e. The Kier molecular flexibility index (Phi) is 4.59. The Labute approximate surface area is 93.3 Å². The van der Waals surface area contributed by atoms with E-state index in [-0.39, 0.29) is 11.3 Å². The van der Waals surface area contributed by atoms with Gasteiger partial charge in [0.15, 0.2) is 0 Å². The van der Waals surface area contributed by atoms with E-state index in [1.807, 2.05) is 0 Å². The Balaban J connectivity index is 2.30. The largest absolute Gasteiger partial charge is 0.325 e. The molecule has 0 aromatic rings. The van der Waals surface area contributed by atoms with E-state index >= 15 is 0 Å². The summed E-state index contributed by atoms with van der Waals surface area (Å²) in [6.45, 7) is 1.70. The molecule has 1 rings (SSSR count). The van der Waals surface area contributed by atoms with Crippen molar-refractivity contribution in [1.82, 2.24) is 0 Å². The van der Waals surface area contributed by atoms with Gasteiger partial charge >= 0.3 is 0 Å². The SMILES string of the molecule is CCS(=O)(=O)CCCC1(N)CCCCC1. The van der Waals surface area contributed by atoms with Crippen LogP contribution in [0.4, 0.5) is 0 Å². The third kappa shape index (κ3) is 4.51. The molecule has 0 spiro atoms. The van der Waals surface area contributed by atoms with Crippen LogP contribution in [-0.4, -0.2) is 25.5 Å². The van der Waals surface area contributed by atoms with Crippen molar-refractivity contribution >= 4 is 9.84 Å². The molecule has 3 nitrogen and oxygen atoms in total. The van der Waals surface area contributed by atoms with Crippen LogP contribution >= 0.6 is 0 Å². The first-order valence-electron chi connectivity index (χ1n) is 5.97. The van der Waals surface area contributed by atoms with Gasteiger partial charge in [-0.3, -0.25) is 0 Å². The molecule has 0 aromatic carbocycles. The summed E-state index contributed by atoms with van der Waals surface area (Å²) < 4.78 is 22.6. The fourth-order valence-corrected chi connectivity index (χ4v) is 3.17. The van der Waals surface area contributed by atoms with Gasteiger partial charge in [0.25, 0.3) is 0 Å². The molecule has 15 heavy (non-hydrogen) atoms. The van der Waals surface area contributed by atoms with Crippen LogP contribution in [-0.2, 0) is 9.84 Å². The monoisotopic (exact) mass is 233 g/mol. The Morgan fingerprint density at radius 2 is 1.80 bits per heavy atom. The van der Waals surface area contributed by atoms with Gasteiger partial charge in [0.2, 0.25) is 0 Å². The predicted molar refractivity (Wildman–Crippen MR) is 63.6 cm³/mol. The summed E-state index contributed by atoms with van der Waals surface area (Å²) >= 11 is 0. The zero-order valence-corrected chi connectivity index (χ0v) is 10.5. The van der Waals surface area contributed by atoms with E-state index in [0.717, 1.165) is 25.7 Å². The topological polar surface area (TPSA) is 60.2 Å². The maximum absolute atomic E-state index is 11.3. The van der Waals surface area contributed by atoms with E-state index in [4.69, 9.17) is 5.73 Å². The minimum Gasteiger partial charge on any atom is -0.325 e. The highest BCUT2D eigenvalue weighted by atomic mass is 32.2. The van der Waals surface area contributed by atoms with Crippen LogP contribution in [0.3, 0.4) is 0 Å². The van der Waals surface area contributed by atoms with E-state index < -0.39 is 9.84 Å². The molecule has 0 saturated heterocycles. The molecule has 1 aliphatic rings. The van der Waals surface area contributed by atoms with Crippen molar-refractivity contribution in [2.45, 2.75) is 57.4 Å². The Morgan fingerprint density at radius 1 is 1.20 bits per heavy atom. The van der Waals surface area contributed by atoms with Crippen molar-refractivity contribution in [3.8, 4) is 0 Å². The summed E-state index contributed by atoms with van der Waals surface area (Å²) in [6.07, 6.45) is 7.43. The van der Waals surface area contributed by atoms with Crippen molar-refractivity contribution in [3.05, 3.63) is 0 Å². The predicted octanol–water partition coefficient (Wildman–Crippen LogP) is 1.86. The van der Waals surface area contributed by atoms with Crippen LogP contribution in [0.5, 0.6) is 0 Å². The van der Waals surface area contributed by atoms with E-state index in [2.05, 4.69) is 0 Å². The molecule has 0 unspecified atom stereocenters. The third-order valence-electron chi connectivity index (χ3n) is 3.42. The summed E-state index contributed by atoms with van der Waals surface area (Å²) in [5.74, 6) is 0.563. The molecule has 4 heteroatoms. The maximum Gasteiger partial charge on any atom is 0.150 e. The standard InChI is InChI=1S/C11H23NO2S/c1-2-15(13,14)10-6-9-11(12)7-4-3-5-8-11/h2-10,12H2,1H3. The second-order valence-corrected chi connectivity index (χ2v) is 7.24. The van der Waals surface area contributed by atoms with E-state index in [9.17, 15) is 8.42 Å². The minimum absolute atomic E-state index is 0.0679. The van der Waals surface area contributed by atoms with Gasteiger partial charge in [-0.1, -0.05) is 26.2 Å². The lowest BCUT2D eigenvalue weighted by atomic mass is 9.80. The van der Waals surface area contributed by atoms with Crippen LogP contribution in [0.2, 0.25) is 0 Å². The Hall–Kier alpha value is -0.0900. The van der Waals surface area contributed by atoms with Gasteiger partial charge in [-0.15, -0.1) is 0 Å². The molecule has 0 aromatic heterocycles. The van der Waals surface area contributed by atoms with Gasteiger partial charge in [0.05, 0.1) is 5.75 Å². The highest BCUT2D eigenvalue weighted by Gasteiger charge is 2.27. The molecule has 0 aliphatic heterocycles. The zero-order chi connectivity index (χ0) is 11.4. The third-order valence-corrected chi connectivity index (χ3v) is 5.21. The van der Waals surface area contributed by atoms with Gasteiger partial charge in [0.1, 0.15) is 9.84 Å². The van der Waals surface area contributed by atoms with E-state index in [1.165, 1.54) is 19.3 Å². The van der Waals surface area contributed by atoms with Crippen LogP contribution in [0.15, 0.2) is 0 Å². The van der Waals surface area contributed by atoms with E-state index in [1.54, 1.807) is 6.92 Å². The van der Waals surface area contributed by atoms with Crippen molar-refractivity contribution in [1.29, 1.82) is 0 Å². The van der Waals surface area contributed by atoms with Crippen LogP contribution in [0, 0.1) is 0 Å². The summed E-state index contributed by atoms with van der Waals surface area (Å²) in [5, 5.41) is 0. The molecule has 1 aliphatic carbocycles.